The van der Waals surface area contributed by atoms with E-state index in [9.17, 15) is 9.59 Å². The van der Waals surface area contributed by atoms with Gasteiger partial charge in [-0.25, -0.2) is 0 Å². The van der Waals surface area contributed by atoms with Crippen LogP contribution in [0.4, 0.5) is 0 Å². The lowest BCUT2D eigenvalue weighted by atomic mass is 9.96. The van der Waals surface area contributed by atoms with Gasteiger partial charge in [0.1, 0.15) is 0 Å². The Kier molecular flexibility index (Phi) is 33.5. The highest BCUT2D eigenvalue weighted by Gasteiger charge is 2.22. The number of esters is 2. The van der Waals surface area contributed by atoms with Crippen molar-refractivity contribution in [2.24, 2.45) is 5.41 Å². The maximum atomic E-state index is 12.2. The van der Waals surface area contributed by atoms with Crippen molar-refractivity contribution in [1.82, 2.24) is 0 Å². The first-order valence-electron chi connectivity index (χ1n) is 20.2. The summed E-state index contributed by atoms with van der Waals surface area (Å²) in [6.07, 6.45) is 40.6. The van der Waals surface area contributed by atoms with E-state index in [0.29, 0.717) is 26.1 Å². The third-order valence-corrected chi connectivity index (χ3v) is 9.22. The van der Waals surface area contributed by atoms with Crippen molar-refractivity contribution in [1.29, 1.82) is 0 Å². The maximum Gasteiger partial charge on any atom is 0.305 e. The van der Waals surface area contributed by atoms with Gasteiger partial charge in [0.25, 0.3) is 0 Å². The Balaban J connectivity index is 3.50. The van der Waals surface area contributed by atoms with Crippen LogP contribution < -0.4 is 0 Å². The lowest BCUT2D eigenvalue weighted by Gasteiger charge is -2.23. The van der Waals surface area contributed by atoms with Gasteiger partial charge in [-0.05, 0) is 12.8 Å². The number of carbonyl (C=O) groups is 2. The third-order valence-electron chi connectivity index (χ3n) is 9.22. The minimum Gasteiger partial charge on any atom is -0.465 e. The van der Waals surface area contributed by atoms with Gasteiger partial charge in [0.15, 0.2) is 0 Å². The van der Waals surface area contributed by atoms with Crippen LogP contribution in [0.5, 0.6) is 0 Å². The molecule has 0 aliphatic rings. The zero-order chi connectivity index (χ0) is 33.1. The van der Waals surface area contributed by atoms with Crippen LogP contribution in [0, 0.1) is 5.41 Å². The molecule has 4 nitrogen and oxygen atoms in total. The molecule has 0 aromatic carbocycles. The van der Waals surface area contributed by atoms with Crippen LogP contribution in [-0.2, 0) is 19.1 Å². The molecule has 0 spiro atoms. The van der Waals surface area contributed by atoms with Crippen LogP contribution >= 0.6 is 0 Å². The second-order valence-electron chi connectivity index (χ2n) is 14.9. The molecule has 4 heteroatoms. The summed E-state index contributed by atoms with van der Waals surface area (Å²) in [5, 5.41) is 0. The second kappa shape index (κ2) is 34.3. The van der Waals surface area contributed by atoms with Gasteiger partial charge in [-0.3, -0.25) is 9.59 Å². The fraction of sp³-hybridized carbons (Fsp3) is 0.951. The molecular weight excluding hydrogens is 556 g/mol. The summed E-state index contributed by atoms with van der Waals surface area (Å²) < 4.78 is 11.0. The van der Waals surface area contributed by atoms with Crippen molar-refractivity contribution in [3.63, 3.8) is 0 Å². The average Bonchev–Trinajstić information content (AvgIpc) is 3.03. The Labute approximate surface area is 282 Å². The van der Waals surface area contributed by atoms with E-state index in [1.165, 1.54) is 167 Å². The van der Waals surface area contributed by atoms with Crippen LogP contribution in [0.25, 0.3) is 0 Å². The van der Waals surface area contributed by atoms with E-state index in [2.05, 4.69) is 13.8 Å². The maximum absolute atomic E-state index is 12.2. The number of unbranched alkanes of at least 4 members (excludes halogenated alkanes) is 28. The van der Waals surface area contributed by atoms with Crippen molar-refractivity contribution in [3.05, 3.63) is 0 Å². The average molecular weight is 637 g/mol. The number of ether oxygens (including phenoxy) is 2. The van der Waals surface area contributed by atoms with E-state index in [1.54, 1.807) is 0 Å². The first-order valence-corrected chi connectivity index (χ1v) is 20.2. The van der Waals surface area contributed by atoms with Crippen molar-refractivity contribution in [2.45, 2.75) is 233 Å². The largest absolute Gasteiger partial charge is 0.465 e. The zero-order valence-corrected chi connectivity index (χ0v) is 31.2. The number of carbonyl (C=O) groups excluding carboxylic acids is 2. The molecule has 0 fully saturated rings. The molecule has 0 amide bonds. The minimum absolute atomic E-state index is 0.123. The molecule has 0 unspecified atom stereocenters. The van der Waals surface area contributed by atoms with Crippen molar-refractivity contribution >= 4 is 11.9 Å². The summed E-state index contributed by atoms with van der Waals surface area (Å²) >= 11 is 0. The normalized spacial score (nSPS) is 11.6. The molecule has 0 aliphatic carbocycles. The van der Waals surface area contributed by atoms with Crippen molar-refractivity contribution in [3.8, 4) is 0 Å². The Morgan fingerprint density at radius 3 is 0.778 bits per heavy atom. The molecule has 45 heavy (non-hydrogen) atoms. The fourth-order valence-electron chi connectivity index (χ4n) is 6.02. The van der Waals surface area contributed by atoms with Crippen molar-refractivity contribution < 1.29 is 19.1 Å². The van der Waals surface area contributed by atoms with Crippen LogP contribution in [0.1, 0.15) is 233 Å². The molecule has 0 aliphatic heterocycles. The summed E-state index contributed by atoms with van der Waals surface area (Å²) in [7, 11) is 0. The molecule has 0 heterocycles. The van der Waals surface area contributed by atoms with Gasteiger partial charge in [-0.2, -0.15) is 0 Å². The highest BCUT2D eigenvalue weighted by Crippen LogP contribution is 2.19. The first-order chi connectivity index (χ1) is 21.9. The van der Waals surface area contributed by atoms with E-state index in [0.717, 1.165) is 25.7 Å². The zero-order valence-electron chi connectivity index (χ0n) is 31.2. The standard InChI is InChI=1S/C41H80O4/c1-5-7-9-11-13-15-17-19-21-23-25-27-29-31-33-35-39(42)44-37-41(3,4)38-45-40(43)36-34-32-30-28-26-24-22-20-18-16-14-12-10-8-6-2/h5-38H2,1-4H3. The van der Waals surface area contributed by atoms with Gasteiger partial charge in [-0.15, -0.1) is 0 Å². The van der Waals surface area contributed by atoms with E-state index < -0.39 is 0 Å². The van der Waals surface area contributed by atoms with Gasteiger partial charge >= 0.3 is 11.9 Å². The third kappa shape index (κ3) is 35.6. The smallest absolute Gasteiger partial charge is 0.305 e. The summed E-state index contributed by atoms with van der Waals surface area (Å²) in [6, 6.07) is 0. The summed E-state index contributed by atoms with van der Waals surface area (Å²) in [5.41, 5.74) is -0.352. The molecule has 0 aromatic rings. The van der Waals surface area contributed by atoms with E-state index in [1.807, 2.05) is 13.8 Å². The number of rotatable bonds is 36. The summed E-state index contributed by atoms with van der Waals surface area (Å²) in [6.45, 7) is 9.15. The monoisotopic (exact) mass is 637 g/mol. The highest BCUT2D eigenvalue weighted by molar-refractivity contribution is 5.69. The molecule has 268 valence electrons. The van der Waals surface area contributed by atoms with Crippen LogP contribution in [-0.4, -0.2) is 25.2 Å². The quantitative estimate of drug-likeness (QED) is 0.0507. The second-order valence-corrected chi connectivity index (χ2v) is 14.9. The lowest BCUT2D eigenvalue weighted by molar-refractivity contribution is -0.152. The SMILES string of the molecule is CCCCCCCCCCCCCCCCCC(=O)OCC(C)(C)COC(=O)CCCCCCCCCCCCCCCCC. The summed E-state index contributed by atoms with van der Waals surface area (Å²) in [4.78, 5) is 24.4. The van der Waals surface area contributed by atoms with Gasteiger partial charge in [0.2, 0.25) is 0 Å². The molecule has 0 bridgehead atoms. The van der Waals surface area contributed by atoms with Crippen LogP contribution in [0.3, 0.4) is 0 Å². The minimum atomic E-state index is -0.352. The summed E-state index contributed by atoms with van der Waals surface area (Å²) in [5.74, 6) is -0.246. The van der Waals surface area contributed by atoms with Crippen LogP contribution in [0.15, 0.2) is 0 Å². The highest BCUT2D eigenvalue weighted by atomic mass is 16.5. The van der Waals surface area contributed by atoms with Gasteiger partial charge < -0.3 is 9.47 Å². The Morgan fingerprint density at radius 2 is 0.556 bits per heavy atom. The molecule has 0 radical (unpaired) electrons. The predicted molar refractivity (Wildman–Crippen MR) is 195 cm³/mol. The lowest BCUT2D eigenvalue weighted by Crippen LogP contribution is -2.28. The topological polar surface area (TPSA) is 52.6 Å². The number of hydrogen-bond donors (Lipinski definition) is 0. The Bertz CT molecular complexity index is 577. The van der Waals surface area contributed by atoms with Gasteiger partial charge in [0.05, 0.1) is 13.2 Å². The molecule has 0 saturated heterocycles. The molecule has 0 aromatic heterocycles. The van der Waals surface area contributed by atoms with Gasteiger partial charge in [-0.1, -0.05) is 207 Å². The van der Waals surface area contributed by atoms with Crippen molar-refractivity contribution in [2.75, 3.05) is 13.2 Å². The Morgan fingerprint density at radius 1 is 0.356 bits per heavy atom. The fourth-order valence-corrected chi connectivity index (χ4v) is 6.02. The molecule has 0 N–H and O–H groups in total. The van der Waals surface area contributed by atoms with Crippen LogP contribution in [0.2, 0.25) is 0 Å². The van der Waals surface area contributed by atoms with E-state index >= 15 is 0 Å². The predicted octanol–water partition coefficient (Wildman–Crippen LogP) is 13.6. The Hall–Kier alpha value is -1.06. The van der Waals surface area contributed by atoms with E-state index in [4.69, 9.17) is 9.47 Å². The van der Waals surface area contributed by atoms with Gasteiger partial charge in [0, 0.05) is 18.3 Å². The molecule has 0 atom stereocenters. The molecule has 0 rings (SSSR count). The van der Waals surface area contributed by atoms with E-state index in [-0.39, 0.29) is 17.4 Å². The molecule has 0 saturated carbocycles. The number of hydrogen-bond acceptors (Lipinski definition) is 4. The molecular formula is C41H80O4. The first kappa shape index (κ1) is 43.9.